The summed E-state index contributed by atoms with van der Waals surface area (Å²) in [5.41, 5.74) is 1.08. The number of ketones is 2. The Morgan fingerprint density at radius 3 is 2.85 bits per heavy atom. The van der Waals surface area contributed by atoms with Crippen molar-refractivity contribution in [2.75, 3.05) is 6.61 Å². The second-order valence-electron chi connectivity index (χ2n) is 3.48. The Kier molecular flexibility index (Phi) is 1.62. The second-order valence-corrected chi connectivity index (χ2v) is 3.48. The lowest BCUT2D eigenvalue weighted by Gasteiger charge is -2.10. The minimum atomic E-state index is -0.170. The van der Waals surface area contributed by atoms with E-state index in [9.17, 15) is 9.59 Å². The van der Waals surface area contributed by atoms with Crippen LogP contribution in [0.5, 0.6) is 0 Å². The van der Waals surface area contributed by atoms with Gasteiger partial charge in [0.1, 0.15) is 0 Å². The van der Waals surface area contributed by atoms with Crippen LogP contribution in [0.3, 0.4) is 0 Å². The van der Waals surface area contributed by atoms with Crippen LogP contribution in [-0.2, 0) is 14.3 Å². The van der Waals surface area contributed by atoms with E-state index in [4.69, 9.17) is 4.74 Å². The maximum Gasteiger partial charge on any atom is 0.221 e. The minimum Gasteiger partial charge on any atom is -0.488 e. The van der Waals surface area contributed by atoms with Gasteiger partial charge in [0.25, 0.3) is 0 Å². The topological polar surface area (TPSA) is 43.4 Å². The fraction of sp³-hybridized carbons (Fsp3) is 0.400. The maximum atomic E-state index is 11.6. The highest BCUT2D eigenvalue weighted by atomic mass is 16.5. The van der Waals surface area contributed by atoms with Crippen LogP contribution < -0.4 is 0 Å². The highest BCUT2D eigenvalue weighted by Gasteiger charge is 2.35. The van der Waals surface area contributed by atoms with E-state index in [0.717, 1.165) is 0 Å². The summed E-state index contributed by atoms with van der Waals surface area (Å²) in [6.45, 7) is 4.00. The maximum absolute atomic E-state index is 11.6. The predicted octanol–water partition coefficient (Wildman–Crippen LogP) is 1.00. The molecule has 1 heterocycles. The fourth-order valence-corrected chi connectivity index (χ4v) is 1.66. The van der Waals surface area contributed by atoms with Crippen LogP contribution in [0.15, 0.2) is 23.0 Å². The number of ether oxygens (including phenoxy) is 1. The highest BCUT2D eigenvalue weighted by molar-refractivity contribution is 6.22. The molecule has 0 aromatic rings. The fourth-order valence-electron chi connectivity index (χ4n) is 1.66. The largest absolute Gasteiger partial charge is 0.488 e. The Morgan fingerprint density at radius 1 is 1.46 bits per heavy atom. The van der Waals surface area contributed by atoms with Crippen molar-refractivity contribution in [3.8, 4) is 0 Å². The van der Waals surface area contributed by atoms with E-state index in [1.807, 2.05) is 6.92 Å². The summed E-state index contributed by atoms with van der Waals surface area (Å²) in [6, 6.07) is 0. The summed E-state index contributed by atoms with van der Waals surface area (Å²) in [5.74, 6) is 0.106. The number of Topliss-reactive ketones (excluding diaryl/α,β-unsaturated/α-hetero) is 1. The molecule has 0 bridgehead atoms. The Morgan fingerprint density at radius 2 is 2.15 bits per heavy atom. The summed E-state index contributed by atoms with van der Waals surface area (Å²) >= 11 is 0. The van der Waals surface area contributed by atoms with Crippen LogP contribution in [-0.4, -0.2) is 18.2 Å². The molecule has 0 aromatic heterocycles. The van der Waals surface area contributed by atoms with Crippen LogP contribution >= 0.6 is 0 Å². The van der Waals surface area contributed by atoms with Gasteiger partial charge in [0.15, 0.2) is 11.5 Å². The molecule has 0 spiro atoms. The van der Waals surface area contributed by atoms with Gasteiger partial charge in [0.05, 0.1) is 12.2 Å². The molecular weight excluding hydrogens is 168 g/mol. The molecule has 0 fully saturated rings. The third kappa shape index (κ3) is 1.03. The second kappa shape index (κ2) is 2.55. The lowest BCUT2D eigenvalue weighted by Crippen LogP contribution is -2.17. The normalized spacial score (nSPS) is 27.2. The van der Waals surface area contributed by atoms with Crippen LogP contribution in [0.4, 0.5) is 0 Å². The number of carbonyl (C=O) groups excluding carboxylic acids is 2. The van der Waals surface area contributed by atoms with Crippen molar-refractivity contribution in [3.63, 3.8) is 0 Å². The van der Waals surface area contributed by atoms with Gasteiger partial charge in [-0.1, -0.05) is 6.92 Å². The molecular formula is C10H10O3. The predicted molar refractivity (Wildman–Crippen MR) is 45.9 cm³/mol. The third-order valence-electron chi connectivity index (χ3n) is 2.39. The zero-order valence-electron chi connectivity index (χ0n) is 7.59. The monoisotopic (exact) mass is 178 g/mol. The third-order valence-corrected chi connectivity index (χ3v) is 2.39. The molecule has 3 nitrogen and oxygen atoms in total. The Balaban J connectivity index is 2.51. The Labute approximate surface area is 76.1 Å². The van der Waals surface area contributed by atoms with E-state index >= 15 is 0 Å². The summed E-state index contributed by atoms with van der Waals surface area (Å²) in [4.78, 5) is 23.0. The summed E-state index contributed by atoms with van der Waals surface area (Å²) in [7, 11) is 0. The number of allylic oxidation sites excluding steroid dienone is 2. The molecule has 2 aliphatic rings. The van der Waals surface area contributed by atoms with Gasteiger partial charge in [-0.05, 0) is 13.0 Å². The average molecular weight is 178 g/mol. The van der Waals surface area contributed by atoms with Crippen LogP contribution in [0.1, 0.15) is 13.8 Å². The average Bonchev–Trinajstić information content (AvgIpc) is 2.44. The van der Waals surface area contributed by atoms with Gasteiger partial charge in [-0.3, -0.25) is 9.59 Å². The molecule has 3 heteroatoms. The van der Waals surface area contributed by atoms with Crippen molar-refractivity contribution in [2.45, 2.75) is 13.8 Å². The van der Waals surface area contributed by atoms with Crippen molar-refractivity contribution in [1.82, 2.24) is 0 Å². The standard InChI is InChI=1S/C10H10O3/c1-5-3-7(11)10-8(9(5)12)6(2)4-13-10/h3,6H,4H2,1-2H3. The first-order chi connectivity index (χ1) is 6.11. The first kappa shape index (κ1) is 8.23. The smallest absolute Gasteiger partial charge is 0.221 e. The van der Waals surface area contributed by atoms with Crippen LogP contribution in [0.25, 0.3) is 0 Å². The molecule has 68 valence electrons. The number of carbonyl (C=O) groups is 2. The van der Waals surface area contributed by atoms with Crippen molar-refractivity contribution in [3.05, 3.63) is 23.0 Å². The van der Waals surface area contributed by atoms with Gasteiger partial charge in [-0.15, -0.1) is 0 Å². The molecule has 1 aliphatic heterocycles. The summed E-state index contributed by atoms with van der Waals surface area (Å²) in [5, 5.41) is 0. The molecule has 2 rings (SSSR count). The van der Waals surface area contributed by atoms with E-state index < -0.39 is 0 Å². The number of hydrogen-bond acceptors (Lipinski definition) is 3. The number of rotatable bonds is 0. The lowest BCUT2D eigenvalue weighted by molar-refractivity contribution is -0.117. The molecule has 0 saturated carbocycles. The zero-order valence-corrected chi connectivity index (χ0v) is 7.59. The quantitative estimate of drug-likeness (QED) is 0.520. The van der Waals surface area contributed by atoms with Crippen LogP contribution in [0, 0.1) is 5.92 Å². The first-order valence-electron chi connectivity index (χ1n) is 4.25. The molecule has 0 radical (unpaired) electrons. The van der Waals surface area contributed by atoms with Gasteiger partial charge in [0, 0.05) is 11.5 Å². The first-order valence-corrected chi connectivity index (χ1v) is 4.25. The molecule has 0 aromatic carbocycles. The van der Waals surface area contributed by atoms with E-state index in [-0.39, 0.29) is 23.2 Å². The lowest BCUT2D eigenvalue weighted by atomic mass is 9.89. The summed E-state index contributed by atoms with van der Waals surface area (Å²) in [6.07, 6.45) is 1.35. The van der Waals surface area contributed by atoms with E-state index in [1.54, 1.807) is 6.92 Å². The minimum absolute atomic E-state index is 0.0420. The van der Waals surface area contributed by atoms with Crippen molar-refractivity contribution in [1.29, 1.82) is 0 Å². The molecule has 0 amide bonds. The van der Waals surface area contributed by atoms with E-state index in [2.05, 4.69) is 0 Å². The van der Waals surface area contributed by atoms with Gasteiger partial charge in [-0.2, -0.15) is 0 Å². The molecule has 0 saturated heterocycles. The summed E-state index contributed by atoms with van der Waals surface area (Å²) < 4.78 is 5.16. The molecule has 1 aliphatic carbocycles. The number of hydrogen-bond donors (Lipinski definition) is 0. The van der Waals surface area contributed by atoms with E-state index in [1.165, 1.54) is 6.08 Å². The van der Waals surface area contributed by atoms with Crippen molar-refractivity contribution < 1.29 is 14.3 Å². The van der Waals surface area contributed by atoms with Gasteiger partial charge >= 0.3 is 0 Å². The Hall–Kier alpha value is -1.38. The highest BCUT2D eigenvalue weighted by Crippen LogP contribution is 2.31. The van der Waals surface area contributed by atoms with E-state index in [0.29, 0.717) is 17.8 Å². The van der Waals surface area contributed by atoms with Gasteiger partial charge < -0.3 is 4.74 Å². The van der Waals surface area contributed by atoms with Crippen LogP contribution in [0.2, 0.25) is 0 Å². The molecule has 0 N–H and O–H groups in total. The SMILES string of the molecule is CC1=CC(=O)C2=C(C1=O)C(C)CO2. The van der Waals surface area contributed by atoms with Crippen molar-refractivity contribution in [2.24, 2.45) is 5.92 Å². The zero-order chi connectivity index (χ0) is 9.59. The molecule has 13 heavy (non-hydrogen) atoms. The molecule has 1 unspecified atom stereocenters. The van der Waals surface area contributed by atoms with Gasteiger partial charge in [0.2, 0.25) is 5.78 Å². The Bertz CT molecular complexity index is 360. The van der Waals surface area contributed by atoms with Crippen molar-refractivity contribution >= 4 is 11.6 Å². The molecule has 1 atom stereocenters. The van der Waals surface area contributed by atoms with Gasteiger partial charge in [-0.25, -0.2) is 0 Å².